The Labute approximate surface area is 199 Å². The number of carbonyl (C=O) groups is 4. The van der Waals surface area contributed by atoms with Gasteiger partial charge in [0.1, 0.15) is 5.60 Å². The van der Waals surface area contributed by atoms with Gasteiger partial charge in [0.05, 0.1) is 18.9 Å². The first-order chi connectivity index (χ1) is 15.8. The fraction of sp³-hybridized carbons (Fsp3) is 0.692. The summed E-state index contributed by atoms with van der Waals surface area (Å²) in [6.45, 7) is 5.40. The predicted octanol–water partition coefficient (Wildman–Crippen LogP) is 2.22. The highest BCUT2D eigenvalue weighted by atomic mass is 16.5. The van der Waals surface area contributed by atoms with Crippen LogP contribution in [-0.2, 0) is 23.9 Å². The number of hydrogen-bond acceptors (Lipinski definition) is 7. The fourth-order valence-corrected chi connectivity index (χ4v) is 7.76. The van der Waals surface area contributed by atoms with E-state index in [-0.39, 0.29) is 55.1 Å². The third kappa shape index (κ3) is 3.66. The number of rotatable bonds is 6. The standard InChI is InChI=1S/C26H34O8/c1-14-10-16-17-7-9-26(33,20(29)13-34-22(32)5-4-21(30)31)25(17,3)12-19(28)23(16)24(2)8-6-15(27)11-18(14)24/h6,8,11,14,16-17,19,23,28,33H,4-5,7,9-10,12-13H2,1-3H3,(H,30,31)/t14-,16?,17?,19?,23?,24-,25-,26-/m0/s1. The summed E-state index contributed by atoms with van der Waals surface area (Å²) in [7, 11) is 0. The molecule has 8 atom stereocenters. The molecule has 0 radical (unpaired) electrons. The van der Waals surface area contributed by atoms with Gasteiger partial charge in [-0.15, -0.1) is 0 Å². The first kappa shape index (κ1) is 24.8. The van der Waals surface area contributed by atoms with E-state index in [1.807, 2.05) is 13.0 Å². The molecule has 0 aliphatic heterocycles. The third-order valence-electron chi connectivity index (χ3n) is 9.34. The van der Waals surface area contributed by atoms with Crippen molar-refractivity contribution < 1.29 is 39.2 Å². The van der Waals surface area contributed by atoms with Crippen molar-refractivity contribution in [2.45, 2.75) is 71.0 Å². The van der Waals surface area contributed by atoms with Crippen molar-refractivity contribution in [1.29, 1.82) is 0 Å². The van der Waals surface area contributed by atoms with E-state index < -0.39 is 46.9 Å². The SMILES string of the molecule is C[C@H]1CC2C(C(O)C[C@@]3(C)C2CC[C@]3(O)C(=O)COC(=O)CCC(=O)O)[C@@]2(C)C=CC(=O)C=C12. The zero-order valence-corrected chi connectivity index (χ0v) is 20.0. The molecular formula is C26H34O8. The normalized spacial score (nSPS) is 42.8. The molecule has 8 heteroatoms. The molecule has 0 saturated heterocycles. The van der Waals surface area contributed by atoms with Gasteiger partial charge in [-0.3, -0.25) is 19.2 Å². The zero-order chi connectivity index (χ0) is 25.1. The van der Waals surface area contributed by atoms with E-state index >= 15 is 0 Å². The summed E-state index contributed by atoms with van der Waals surface area (Å²) in [4.78, 5) is 47.7. The largest absolute Gasteiger partial charge is 0.481 e. The molecule has 0 aromatic carbocycles. The fourth-order valence-electron chi connectivity index (χ4n) is 7.76. The van der Waals surface area contributed by atoms with Crippen LogP contribution in [0.25, 0.3) is 0 Å². The maximum atomic E-state index is 13.1. The van der Waals surface area contributed by atoms with Crippen LogP contribution >= 0.6 is 0 Å². The van der Waals surface area contributed by atoms with E-state index in [9.17, 15) is 29.4 Å². The molecule has 0 bridgehead atoms. The highest BCUT2D eigenvalue weighted by molar-refractivity contribution is 6.01. The second-order valence-corrected chi connectivity index (χ2v) is 11.1. The third-order valence-corrected chi connectivity index (χ3v) is 9.34. The number of aliphatic carboxylic acids is 1. The van der Waals surface area contributed by atoms with E-state index in [1.54, 1.807) is 12.2 Å². The highest BCUT2D eigenvalue weighted by Crippen LogP contribution is 2.67. The molecule has 4 rings (SSSR count). The minimum absolute atomic E-state index is 0.00980. The lowest BCUT2D eigenvalue weighted by atomic mass is 9.45. The molecule has 3 fully saturated rings. The molecule has 0 spiro atoms. The summed E-state index contributed by atoms with van der Waals surface area (Å²) < 4.78 is 4.98. The number of fused-ring (bicyclic) bond motifs is 5. The minimum atomic E-state index is -1.74. The molecule has 0 amide bonds. The number of hydrogen-bond donors (Lipinski definition) is 3. The molecule has 8 nitrogen and oxygen atoms in total. The summed E-state index contributed by atoms with van der Waals surface area (Å²) in [6, 6.07) is 0. The number of esters is 1. The summed E-state index contributed by atoms with van der Waals surface area (Å²) in [5.74, 6) is -2.51. The van der Waals surface area contributed by atoms with Crippen LogP contribution in [0.3, 0.4) is 0 Å². The number of carbonyl (C=O) groups excluding carboxylic acids is 3. The zero-order valence-electron chi connectivity index (χ0n) is 20.0. The first-order valence-corrected chi connectivity index (χ1v) is 12.1. The van der Waals surface area contributed by atoms with Crippen LogP contribution in [-0.4, -0.2) is 57.1 Å². The predicted molar refractivity (Wildman–Crippen MR) is 120 cm³/mol. The number of ketones is 2. The molecule has 4 unspecified atom stereocenters. The summed E-state index contributed by atoms with van der Waals surface area (Å²) in [5, 5.41) is 31.7. The Morgan fingerprint density at radius 2 is 1.91 bits per heavy atom. The maximum Gasteiger partial charge on any atom is 0.306 e. The van der Waals surface area contributed by atoms with Gasteiger partial charge >= 0.3 is 11.9 Å². The van der Waals surface area contributed by atoms with Crippen LogP contribution in [0.5, 0.6) is 0 Å². The van der Waals surface area contributed by atoms with Gasteiger partial charge in [0.25, 0.3) is 0 Å². The van der Waals surface area contributed by atoms with Gasteiger partial charge in [0.15, 0.2) is 12.4 Å². The van der Waals surface area contributed by atoms with Gasteiger partial charge in [-0.25, -0.2) is 0 Å². The van der Waals surface area contributed by atoms with E-state index in [2.05, 4.69) is 13.8 Å². The van der Waals surface area contributed by atoms with E-state index in [1.165, 1.54) is 0 Å². The molecule has 3 saturated carbocycles. The molecule has 4 aliphatic rings. The number of aliphatic hydroxyl groups is 2. The van der Waals surface area contributed by atoms with Crippen molar-refractivity contribution in [3.05, 3.63) is 23.8 Å². The van der Waals surface area contributed by atoms with Crippen LogP contribution in [0.15, 0.2) is 23.8 Å². The summed E-state index contributed by atoms with van der Waals surface area (Å²) in [6.07, 6.45) is 5.52. The number of carboxylic acids is 1. The second-order valence-electron chi connectivity index (χ2n) is 11.1. The van der Waals surface area contributed by atoms with Crippen molar-refractivity contribution in [1.82, 2.24) is 0 Å². The average molecular weight is 475 g/mol. The Morgan fingerprint density at radius 3 is 2.59 bits per heavy atom. The Kier molecular flexibility index (Phi) is 6.13. The van der Waals surface area contributed by atoms with Gasteiger partial charge in [0, 0.05) is 16.7 Å². The number of allylic oxidation sites excluding steroid dienone is 4. The van der Waals surface area contributed by atoms with Gasteiger partial charge in [-0.1, -0.05) is 32.4 Å². The minimum Gasteiger partial charge on any atom is -0.481 e. The van der Waals surface area contributed by atoms with Crippen molar-refractivity contribution in [2.75, 3.05) is 6.61 Å². The van der Waals surface area contributed by atoms with E-state index in [0.29, 0.717) is 6.42 Å². The van der Waals surface area contributed by atoms with E-state index in [4.69, 9.17) is 9.84 Å². The Morgan fingerprint density at radius 1 is 1.21 bits per heavy atom. The smallest absolute Gasteiger partial charge is 0.306 e. The van der Waals surface area contributed by atoms with Gasteiger partial charge in [-0.05, 0) is 55.6 Å². The molecule has 186 valence electrons. The van der Waals surface area contributed by atoms with E-state index in [0.717, 1.165) is 12.0 Å². The molecule has 0 heterocycles. The lowest BCUT2D eigenvalue weighted by Crippen LogP contribution is -2.62. The monoisotopic (exact) mass is 474 g/mol. The lowest BCUT2D eigenvalue weighted by molar-refractivity contribution is -0.182. The quantitative estimate of drug-likeness (QED) is 0.498. The Hall–Kier alpha value is -2.32. The number of ether oxygens (including phenoxy) is 1. The molecule has 4 aliphatic carbocycles. The number of aliphatic hydroxyl groups excluding tert-OH is 1. The van der Waals surface area contributed by atoms with Crippen molar-refractivity contribution >= 4 is 23.5 Å². The number of carboxylic acid groups (broad SMARTS) is 1. The number of Topliss-reactive ketones (excluding diaryl/α,β-unsaturated/α-hetero) is 1. The molecular weight excluding hydrogens is 440 g/mol. The average Bonchev–Trinajstić information content (AvgIpc) is 3.03. The van der Waals surface area contributed by atoms with Crippen LogP contribution in [0.2, 0.25) is 0 Å². The van der Waals surface area contributed by atoms with Crippen molar-refractivity contribution in [2.24, 2.45) is 34.5 Å². The molecule has 3 N–H and O–H groups in total. The Bertz CT molecular complexity index is 981. The highest BCUT2D eigenvalue weighted by Gasteiger charge is 2.68. The van der Waals surface area contributed by atoms with Crippen LogP contribution in [0.4, 0.5) is 0 Å². The first-order valence-electron chi connectivity index (χ1n) is 12.1. The van der Waals surface area contributed by atoms with Crippen LogP contribution in [0.1, 0.15) is 59.3 Å². The topological polar surface area (TPSA) is 138 Å². The van der Waals surface area contributed by atoms with Crippen molar-refractivity contribution in [3.8, 4) is 0 Å². The van der Waals surface area contributed by atoms with Gasteiger partial charge in [-0.2, -0.15) is 0 Å². The van der Waals surface area contributed by atoms with Gasteiger partial charge in [0.2, 0.25) is 5.78 Å². The Balaban J connectivity index is 1.56. The molecule has 0 aromatic rings. The second kappa shape index (κ2) is 8.41. The van der Waals surface area contributed by atoms with Crippen molar-refractivity contribution in [3.63, 3.8) is 0 Å². The van der Waals surface area contributed by atoms with Gasteiger partial charge < -0.3 is 20.1 Å². The molecule has 34 heavy (non-hydrogen) atoms. The summed E-state index contributed by atoms with van der Waals surface area (Å²) in [5.41, 5.74) is -2.04. The summed E-state index contributed by atoms with van der Waals surface area (Å²) >= 11 is 0. The van der Waals surface area contributed by atoms with Crippen LogP contribution < -0.4 is 0 Å². The lowest BCUT2D eigenvalue weighted by Gasteiger charge is -2.60. The van der Waals surface area contributed by atoms with Crippen LogP contribution in [0, 0.1) is 34.5 Å². The molecule has 0 aromatic heterocycles. The maximum absolute atomic E-state index is 13.1.